The van der Waals surface area contributed by atoms with E-state index in [1.165, 1.54) is 4.88 Å². The maximum Gasteiger partial charge on any atom is 0.255 e. The lowest BCUT2D eigenvalue weighted by Gasteiger charge is -2.33. The van der Waals surface area contributed by atoms with Crippen LogP contribution in [0.1, 0.15) is 59.3 Å². The summed E-state index contributed by atoms with van der Waals surface area (Å²) in [5.74, 6) is 1.70. The lowest BCUT2D eigenvalue weighted by atomic mass is 9.72. The lowest BCUT2D eigenvalue weighted by molar-refractivity contribution is 0.0947. The molecule has 2 aromatic carbocycles. The van der Waals surface area contributed by atoms with E-state index in [1.54, 1.807) is 23.8 Å². The van der Waals surface area contributed by atoms with Crippen LogP contribution in [0.4, 0.5) is 5.00 Å². The number of carbonyl (C=O) groups excluding carboxylic acids is 1. The van der Waals surface area contributed by atoms with Gasteiger partial charge in [0.15, 0.2) is 6.61 Å². The molecule has 194 valence electrons. The molecule has 0 fully saturated rings. The average molecular weight is 526 g/mol. The van der Waals surface area contributed by atoms with E-state index in [0.29, 0.717) is 34.5 Å². The number of ether oxygens (including phenoxy) is 1. The quantitative estimate of drug-likeness (QED) is 0.258. The number of hydrogen-bond donors (Lipinski definition) is 1. The third kappa shape index (κ3) is 5.36. The minimum Gasteiger partial charge on any atom is -0.478 e. The number of thiophene rings is 1. The molecule has 1 amide bonds. The maximum absolute atomic E-state index is 13.5. The number of nitrogens with one attached hydrogen (secondary N) is 1. The monoisotopic (exact) mass is 525 g/mol. The molecule has 2 aromatic heterocycles. The third-order valence-electron chi connectivity index (χ3n) is 7.24. The van der Waals surface area contributed by atoms with Crippen molar-refractivity contribution in [3.63, 3.8) is 0 Å². The fourth-order valence-electron chi connectivity index (χ4n) is 5.07. The highest BCUT2D eigenvalue weighted by Crippen LogP contribution is 2.45. The zero-order valence-electron chi connectivity index (χ0n) is 21.9. The Morgan fingerprint density at radius 1 is 1.24 bits per heavy atom. The molecule has 6 nitrogen and oxygen atoms in total. The van der Waals surface area contributed by atoms with Gasteiger partial charge in [-0.2, -0.15) is 5.26 Å². The first-order chi connectivity index (χ1) is 18.3. The minimum absolute atomic E-state index is 0.0545. The van der Waals surface area contributed by atoms with Crippen molar-refractivity contribution in [1.82, 2.24) is 5.32 Å². The van der Waals surface area contributed by atoms with Crippen LogP contribution in [0.25, 0.3) is 10.8 Å². The first-order valence-electron chi connectivity index (χ1n) is 12.9. The summed E-state index contributed by atoms with van der Waals surface area (Å²) in [4.78, 5) is 19.7. The van der Waals surface area contributed by atoms with E-state index < -0.39 is 0 Å². The second-order valence-corrected chi connectivity index (χ2v) is 11.7. The average Bonchev–Trinajstić information content (AvgIpc) is 3.56. The van der Waals surface area contributed by atoms with E-state index in [2.05, 4.69) is 26.1 Å². The molecule has 1 aliphatic rings. The number of fused-ring (bicyclic) bond motifs is 2. The van der Waals surface area contributed by atoms with Crippen molar-refractivity contribution in [2.45, 2.75) is 46.6 Å². The van der Waals surface area contributed by atoms with Crippen molar-refractivity contribution in [2.24, 2.45) is 16.3 Å². The Bertz CT molecular complexity index is 1520. The summed E-state index contributed by atoms with van der Waals surface area (Å²) in [6.07, 6.45) is 6.23. The van der Waals surface area contributed by atoms with Gasteiger partial charge in [-0.25, -0.2) is 4.99 Å². The number of rotatable bonds is 7. The van der Waals surface area contributed by atoms with Crippen LogP contribution in [0.5, 0.6) is 5.75 Å². The van der Waals surface area contributed by atoms with Crippen LogP contribution in [0.2, 0.25) is 0 Å². The molecular weight excluding hydrogens is 494 g/mol. The molecule has 0 unspecified atom stereocenters. The van der Waals surface area contributed by atoms with Crippen LogP contribution in [0.15, 0.2) is 64.2 Å². The van der Waals surface area contributed by atoms with Crippen LogP contribution in [-0.4, -0.2) is 18.7 Å². The van der Waals surface area contributed by atoms with Gasteiger partial charge in [0.1, 0.15) is 22.6 Å². The van der Waals surface area contributed by atoms with E-state index in [1.807, 2.05) is 54.6 Å². The van der Waals surface area contributed by atoms with Gasteiger partial charge in [-0.3, -0.25) is 4.79 Å². The molecule has 5 rings (SSSR count). The molecule has 1 aliphatic carbocycles. The van der Waals surface area contributed by atoms with Crippen LogP contribution < -0.4 is 10.1 Å². The highest BCUT2D eigenvalue weighted by molar-refractivity contribution is 7.16. The second kappa shape index (κ2) is 10.8. The molecule has 0 radical (unpaired) electrons. The summed E-state index contributed by atoms with van der Waals surface area (Å²) in [7, 11) is 0. The highest BCUT2D eigenvalue weighted by atomic mass is 32.1. The van der Waals surface area contributed by atoms with E-state index in [0.717, 1.165) is 41.2 Å². The van der Waals surface area contributed by atoms with Gasteiger partial charge in [0, 0.05) is 16.7 Å². The summed E-state index contributed by atoms with van der Waals surface area (Å²) >= 11 is 1.61. The van der Waals surface area contributed by atoms with Crippen molar-refractivity contribution in [1.29, 1.82) is 5.26 Å². The van der Waals surface area contributed by atoms with Gasteiger partial charge in [0.05, 0.1) is 18.4 Å². The Morgan fingerprint density at radius 3 is 2.84 bits per heavy atom. The maximum atomic E-state index is 13.5. The molecule has 0 bridgehead atoms. The Labute approximate surface area is 227 Å². The molecular formula is C31H31N3O3S. The predicted octanol–water partition coefficient (Wildman–Crippen LogP) is 7.23. The fraction of sp³-hybridized carbons (Fsp3) is 0.323. The van der Waals surface area contributed by atoms with Crippen molar-refractivity contribution in [3.05, 3.63) is 82.1 Å². The largest absolute Gasteiger partial charge is 0.478 e. The fourth-order valence-corrected chi connectivity index (χ4v) is 6.34. The second-order valence-electron chi connectivity index (χ2n) is 10.7. The van der Waals surface area contributed by atoms with Gasteiger partial charge in [-0.1, -0.05) is 51.1 Å². The van der Waals surface area contributed by atoms with Crippen LogP contribution in [0.3, 0.4) is 0 Å². The SMILES string of the molecule is CC(C)(C)[C@H]1CCc2c(sc(N=Cc3c(OCC#N)ccc4ccccc34)c2C(=O)NCc2ccco2)C1. The van der Waals surface area contributed by atoms with Crippen LogP contribution in [0, 0.1) is 22.7 Å². The van der Waals surface area contributed by atoms with Crippen molar-refractivity contribution >= 4 is 39.2 Å². The summed E-state index contributed by atoms with van der Waals surface area (Å²) in [5.41, 5.74) is 2.75. The highest BCUT2D eigenvalue weighted by Gasteiger charge is 2.33. The van der Waals surface area contributed by atoms with Gasteiger partial charge in [0.2, 0.25) is 0 Å². The normalized spacial score (nSPS) is 15.4. The van der Waals surface area contributed by atoms with Gasteiger partial charge >= 0.3 is 0 Å². The van der Waals surface area contributed by atoms with E-state index in [-0.39, 0.29) is 17.9 Å². The first-order valence-corrected chi connectivity index (χ1v) is 13.7. The lowest BCUT2D eigenvalue weighted by Crippen LogP contribution is -2.28. The number of nitrogens with zero attached hydrogens (tertiary/aromatic N) is 2. The van der Waals surface area contributed by atoms with Crippen LogP contribution >= 0.6 is 11.3 Å². The molecule has 1 N–H and O–H groups in total. The number of carbonyl (C=O) groups is 1. The van der Waals surface area contributed by atoms with E-state index in [4.69, 9.17) is 19.4 Å². The van der Waals surface area contributed by atoms with E-state index >= 15 is 0 Å². The number of hydrogen-bond acceptors (Lipinski definition) is 6. The molecule has 0 spiro atoms. The molecule has 2 heterocycles. The van der Waals surface area contributed by atoms with Gasteiger partial charge in [-0.05, 0) is 65.1 Å². The summed E-state index contributed by atoms with van der Waals surface area (Å²) < 4.78 is 11.1. The Hall–Kier alpha value is -3.89. The Morgan fingerprint density at radius 2 is 2.08 bits per heavy atom. The van der Waals surface area contributed by atoms with Crippen molar-refractivity contribution < 1.29 is 13.9 Å². The minimum atomic E-state index is -0.140. The van der Waals surface area contributed by atoms with Crippen molar-refractivity contribution in [2.75, 3.05) is 6.61 Å². The summed E-state index contributed by atoms with van der Waals surface area (Å²) in [5, 5.41) is 14.8. The number of aliphatic imine (C=N–C) groups is 1. The Balaban J connectivity index is 1.55. The third-order valence-corrected chi connectivity index (χ3v) is 8.40. The van der Waals surface area contributed by atoms with Crippen LogP contribution in [-0.2, 0) is 19.4 Å². The molecule has 0 aliphatic heterocycles. The Kier molecular flexibility index (Phi) is 7.35. The molecule has 4 aromatic rings. The number of amides is 1. The zero-order valence-corrected chi connectivity index (χ0v) is 22.7. The summed E-state index contributed by atoms with van der Waals surface area (Å²) in [6, 6.07) is 17.5. The predicted molar refractivity (Wildman–Crippen MR) is 151 cm³/mol. The molecule has 1 atom stereocenters. The molecule has 0 saturated heterocycles. The first kappa shape index (κ1) is 25.7. The smallest absolute Gasteiger partial charge is 0.255 e. The number of nitriles is 1. The topological polar surface area (TPSA) is 87.6 Å². The molecule has 0 saturated carbocycles. The number of benzene rings is 2. The van der Waals surface area contributed by atoms with E-state index in [9.17, 15) is 4.79 Å². The van der Waals surface area contributed by atoms with Gasteiger partial charge in [-0.15, -0.1) is 11.3 Å². The van der Waals surface area contributed by atoms with Gasteiger partial charge < -0.3 is 14.5 Å². The summed E-state index contributed by atoms with van der Waals surface area (Å²) in [6.45, 7) is 7.13. The molecule has 7 heteroatoms. The standard InChI is InChI=1S/C31H31N3O3S/c1-31(2,3)21-11-12-24-27(17-21)38-30(28(24)29(35)33-18-22-8-6-15-36-22)34-19-25-23-9-5-4-7-20(23)10-13-26(25)37-16-14-32/h4-10,13,15,19,21H,11-12,16-18H2,1-3H3,(H,33,35)/t21-/m0/s1. The molecule has 38 heavy (non-hydrogen) atoms. The number of furan rings is 1. The zero-order chi connectivity index (χ0) is 26.7. The van der Waals surface area contributed by atoms with Crippen molar-refractivity contribution in [3.8, 4) is 11.8 Å². The van der Waals surface area contributed by atoms with Gasteiger partial charge in [0.25, 0.3) is 5.91 Å².